The Morgan fingerprint density at radius 1 is 0.929 bits per heavy atom. The zero-order valence-electron chi connectivity index (χ0n) is 16.5. The lowest BCUT2D eigenvalue weighted by molar-refractivity contribution is 0.0951. The fraction of sp³-hybridized carbons (Fsp3) is 0.348. The number of amides is 1. The number of aryl methyl sites for hydroxylation is 2. The number of rotatable bonds is 5. The van der Waals surface area contributed by atoms with Crippen LogP contribution in [0.3, 0.4) is 0 Å². The summed E-state index contributed by atoms with van der Waals surface area (Å²) in [6.45, 7) is 7.81. The van der Waals surface area contributed by atoms with E-state index in [4.69, 9.17) is 0 Å². The van der Waals surface area contributed by atoms with Crippen LogP contribution in [-0.4, -0.2) is 33.9 Å². The summed E-state index contributed by atoms with van der Waals surface area (Å²) in [6, 6.07) is 14.0. The molecule has 0 aliphatic carbocycles. The van der Waals surface area contributed by atoms with Crippen LogP contribution in [-0.2, 0) is 13.1 Å². The molecule has 4 rings (SSSR count). The van der Waals surface area contributed by atoms with Gasteiger partial charge in [-0.1, -0.05) is 24.3 Å². The van der Waals surface area contributed by atoms with Gasteiger partial charge in [0.2, 0.25) is 0 Å². The molecular weight excluding hydrogens is 348 g/mol. The first-order valence-corrected chi connectivity index (χ1v) is 9.92. The van der Waals surface area contributed by atoms with Crippen LogP contribution < -0.4 is 5.32 Å². The van der Waals surface area contributed by atoms with E-state index >= 15 is 0 Å². The van der Waals surface area contributed by atoms with Crippen LogP contribution in [0.25, 0.3) is 11.0 Å². The number of benzene rings is 2. The Labute approximate surface area is 165 Å². The topological polar surface area (TPSA) is 58.1 Å². The second-order valence-corrected chi connectivity index (χ2v) is 7.58. The predicted molar refractivity (Wildman–Crippen MR) is 111 cm³/mol. The third-order valence-corrected chi connectivity index (χ3v) is 5.42. The van der Waals surface area contributed by atoms with Crippen molar-refractivity contribution in [2.24, 2.45) is 0 Å². The predicted octanol–water partition coefficient (Wildman–Crippen LogP) is 3.77. The van der Waals surface area contributed by atoms with Crippen molar-refractivity contribution < 1.29 is 4.79 Å². The van der Waals surface area contributed by atoms with E-state index in [0.717, 1.165) is 34.5 Å². The molecule has 2 heterocycles. The molecule has 1 N–H and O–H groups in total. The molecule has 5 heteroatoms. The fourth-order valence-electron chi connectivity index (χ4n) is 3.62. The molecule has 0 atom stereocenters. The van der Waals surface area contributed by atoms with Crippen molar-refractivity contribution in [1.82, 2.24) is 20.2 Å². The SMILES string of the molecule is Cc1nc2ccc(C(=O)NCc3ccc(CN4CCCC4)cc3)cc2nc1C. The van der Waals surface area contributed by atoms with Gasteiger partial charge in [-0.2, -0.15) is 0 Å². The lowest BCUT2D eigenvalue weighted by atomic mass is 10.1. The molecule has 5 nitrogen and oxygen atoms in total. The lowest BCUT2D eigenvalue weighted by Gasteiger charge is -2.14. The number of carbonyl (C=O) groups is 1. The van der Waals surface area contributed by atoms with Crippen LogP contribution in [0.15, 0.2) is 42.5 Å². The van der Waals surface area contributed by atoms with Crippen molar-refractivity contribution in [3.05, 3.63) is 70.5 Å². The van der Waals surface area contributed by atoms with Gasteiger partial charge in [-0.05, 0) is 69.1 Å². The lowest BCUT2D eigenvalue weighted by Crippen LogP contribution is -2.23. The zero-order chi connectivity index (χ0) is 19.5. The smallest absolute Gasteiger partial charge is 0.251 e. The van der Waals surface area contributed by atoms with Crippen molar-refractivity contribution in [3.8, 4) is 0 Å². The average molecular weight is 374 g/mol. The molecule has 1 saturated heterocycles. The Balaban J connectivity index is 1.38. The minimum atomic E-state index is -0.0944. The molecule has 0 bridgehead atoms. The number of hydrogen-bond acceptors (Lipinski definition) is 4. The second-order valence-electron chi connectivity index (χ2n) is 7.58. The Bertz CT molecular complexity index is 991. The van der Waals surface area contributed by atoms with Crippen LogP contribution >= 0.6 is 0 Å². The minimum Gasteiger partial charge on any atom is -0.348 e. The van der Waals surface area contributed by atoms with Crippen molar-refractivity contribution in [2.45, 2.75) is 39.8 Å². The van der Waals surface area contributed by atoms with E-state index in [1.165, 1.54) is 31.5 Å². The highest BCUT2D eigenvalue weighted by Crippen LogP contribution is 2.15. The highest BCUT2D eigenvalue weighted by Gasteiger charge is 2.12. The van der Waals surface area contributed by atoms with Crippen molar-refractivity contribution in [2.75, 3.05) is 13.1 Å². The standard InChI is InChI=1S/C23H26N4O/c1-16-17(2)26-22-13-20(9-10-21(22)25-16)23(28)24-14-18-5-7-19(8-6-18)15-27-11-3-4-12-27/h5-10,13H,3-4,11-12,14-15H2,1-2H3,(H,24,28). The van der Waals surface area contributed by atoms with Gasteiger partial charge in [0, 0.05) is 18.7 Å². The van der Waals surface area contributed by atoms with E-state index in [9.17, 15) is 4.79 Å². The monoisotopic (exact) mass is 374 g/mol. The van der Waals surface area contributed by atoms with Crippen LogP contribution in [0.2, 0.25) is 0 Å². The third-order valence-electron chi connectivity index (χ3n) is 5.42. The Morgan fingerprint density at radius 3 is 2.29 bits per heavy atom. The summed E-state index contributed by atoms with van der Waals surface area (Å²) in [5.74, 6) is -0.0944. The highest BCUT2D eigenvalue weighted by atomic mass is 16.1. The maximum absolute atomic E-state index is 12.5. The summed E-state index contributed by atoms with van der Waals surface area (Å²) in [5.41, 5.74) is 6.41. The van der Waals surface area contributed by atoms with E-state index in [-0.39, 0.29) is 5.91 Å². The third kappa shape index (κ3) is 4.20. The highest BCUT2D eigenvalue weighted by molar-refractivity contribution is 5.97. The molecule has 0 unspecified atom stereocenters. The number of fused-ring (bicyclic) bond motifs is 1. The molecule has 1 fully saturated rings. The van der Waals surface area contributed by atoms with E-state index in [1.807, 2.05) is 26.0 Å². The zero-order valence-corrected chi connectivity index (χ0v) is 16.5. The van der Waals surface area contributed by atoms with E-state index in [1.54, 1.807) is 6.07 Å². The summed E-state index contributed by atoms with van der Waals surface area (Å²) < 4.78 is 0. The van der Waals surface area contributed by atoms with Gasteiger partial charge >= 0.3 is 0 Å². The number of likely N-dealkylation sites (tertiary alicyclic amines) is 1. The van der Waals surface area contributed by atoms with Crippen molar-refractivity contribution in [1.29, 1.82) is 0 Å². The van der Waals surface area contributed by atoms with Gasteiger partial charge in [0.25, 0.3) is 5.91 Å². The summed E-state index contributed by atoms with van der Waals surface area (Å²) >= 11 is 0. The molecular formula is C23H26N4O. The maximum atomic E-state index is 12.5. The molecule has 1 aliphatic heterocycles. The molecule has 28 heavy (non-hydrogen) atoms. The maximum Gasteiger partial charge on any atom is 0.251 e. The van der Waals surface area contributed by atoms with Crippen LogP contribution in [0.1, 0.15) is 45.7 Å². The molecule has 0 spiro atoms. The number of nitrogens with one attached hydrogen (secondary N) is 1. The van der Waals surface area contributed by atoms with Gasteiger partial charge in [0.1, 0.15) is 0 Å². The average Bonchev–Trinajstić information content (AvgIpc) is 3.21. The van der Waals surface area contributed by atoms with Crippen LogP contribution in [0.4, 0.5) is 0 Å². The molecule has 1 amide bonds. The number of nitrogens with zero attached hydrogens (tertiary/aromatic N) is 3. The van der Waals surface area contributed by atoms with Gasteiger partial charge in [-0.15, -0.1) is 0 Å². The first-order valence-electron chi connectivity index (χ1n) is 9.92. The summed E-state index contributed by atoms with van der Waals surface area (Å²) in [7, 11) is 0. The van der Waals surface area contributed by atoms with Crippen molar-refractivity contribution in [3.63, 3.8) is 0 Å². The first-order chi connectivity index (χ1) is 13.6. The van der Waals surface area contributed by atoms with E-state index < -0.39 is 0 Å². The summed E-state index contributed by atoms with van der Waals surface area (Å²) in [5, 5.41) is 3.00. The summed E-state index contributed by atoms with van der Waals surface area (Å²) in [6.07, 6.45) is 2.62. The van der Waals surface area contributed by atoms with Gasteiger partial charge in [0.15, 0.2) is 0 Å². The number of hydrogen-bond donors (Lipinski definition) is 1. The quantitative estimate of drug-likeness (QED) is 0.738. The minimum absolute atomic E-state index is 0.0944. The molecule has 144 valence electrons. The normalized spacial score (nSPS) is 14.5. The molecule has 1 aromatic heterocycles. The molecule has 1 aliphatic rings. The number of carbonyl (C=O) groups excluding carboxylic acids is 1. The largest absolute Gasteiger partial charge is 0.348 e. The molecule has 0 radical (unpaired) electrons. The van der Waals surface area contributed by atoms with E-state index in [2.05, 4.69) is 44.5 Å². The number of aromatic nitrogens is 2. The van der Waals surface area contributed by atoms with E-state index in [0.29, 0.717) is 12.1 Å². The van der Waals surface area contributed by atoms with Crippen molar-refractivity contribution >= 4 is 16.9 Å². The molecule has 2 aromatic carbocycles. The molecule has 3 aromatic rings. The molecule has 0 saturated carbocycles. The summed E-state index contributed by atoms with van der Waals surface area (Å²) in [4.78, 5) is 24.1. The van der Waals surface area contributed by atoms with Gasteiger partial charge < -0.3 is 5.32 Å². The van der Waals surface area contributed by atoms with Crippen LogP contribution in [0.5, 0.6) is 0 Å². The van der Waals surface area contributed by atoms with Crippen LogP contribution in [0, 0.1) is 13.8 Å². The Morgan fingerprint density at radius 2 is 1.57 bits per heavy atom. The Kier molecular flexibility index (Phi) is 5.35. The van der Waals surface area contributed by atoms with Gasteiger partial charge in [-0.3, -0.25) is 9.69 Å². The Hall–Kier alpha value is -2.79. The first kappa shape index (κ1) is 18.6. The fourth-order valence-corrected chi connectivity index (χ4v) is 3.62. The van der Waals surface area contributed by atoms with Gasteiger partial charge in [0.05, 0.1) is 22.4 Å². The van der Waals surface area contributed by atoms with Gasteiger partial charge in [-0.25, -0.2) is 9.97 Å². The second kappa shape index (κ2) is 8.07.